The van der Waals surface area contributed by atoms with Crippen molar-refractivity contribution in [3.8, 4) is 5.75 Å². The van der Waals surface area contributed by atoms with E-state index in [1.165, 1.54) is 0 Å². The maximum atomic E-state index is 9.54. The summed E-state index contributed by atoms with van der Waals surface area (Å²) in [6.07, 6.45) is 3.15. The van der Waals surface area contributed by atoms with Gasteiger partial charge in [-0.05, 0) is 50.8 Å². The van der Waals surface area contributed by atoms with E-state index in [1.54, 1.807) is 6.07 Å². The monoisotopic (exact) mass is 263 g/mol. The number of hydrogen-bond donors (Lipinski definition) is 2. The van der Waals surface area contributed by atoms with Crippen LogP contribution in [-0.2, 0) is 4.74 Å². The van der Waals surface area contributed by atoms with Gasteiger partial charge >= 0.3 is 0 Å². The fourth-order valence-electron chi connectivity index (χ4n) is 2.76. The maximum absolute atomic E-state index is 9.54. The molecule has 1 aromatic rings. The molecule has 0 radical (unpaired) electrons. The second-order valence-electron chi connectivity index (χ2n) is 5.82. The average Bonchev–Trinajstić information content (AvgIpc) is 2.39. The topological polar surface area (TPSA) is 41.5 Å². The Balaban J connectivity index is 1.97. The molecule has 3 heteroatoms. The molecule has 0 saturated carbocycles. The summed E-state index contributed by atoms with van der Waals surface area (Å²) < 4.78 is 5.87. The Bertz CT molecular complexity index is 421. The van der Waals surface area contributed by atoms with Crippen molar-refractivity contribution in [2.75, 3.05) is 6.61 Å². The van der Waals surface area contributed by atoms with Gasteiger partial charge in [0.25, 0.3) is 0 Å². The Kier molecular flexibility index (Phi) is 4.48. The summed E-state index contributed by atoms with van der Waals surface area (Å²) in [7, 11) is 0. The Morgan fingerprint density at radius 2 is 2.32 bits per heavy atom. The Labute approximate surface area is 116 Å². The van der Waals surface area contributed by atoms with E-state index in [4.69, 9.17) is 4.74 Å². The zero-order chi connectivity index (χ0) is 13.9. The summed E-state index contributed by atoms with van der Waals surface area (Å²) in [5.74, 6) is 0.330. The molecule has 0 aromatic heterocycles. The number of phenolic OH excluding ortho intramolecular Hbond substituents is 1. The third-order valence-corrected chi connectivity index (χ3v) is 4.20. The highest BCUT2D eigenvalue weighted by atomic mass is 16.5. The summed E-state index contributed by atoms with van der Waals surface area (Å²) >= 11 is 0. The molecular formula is C16H25NO2. The Morgan fingerprint density at radius 1 is 1.53 bits per heavy atom. The SMILES string of the molecule is CCC1(C)CC(NC(C)c2cccc(O)c2)CCO1. The third kappa shape index (κ3) is 3.71. The summed E-state index contributed by atoms with van der Waals surface area (Å²) in [6.45, 7) is 7.35. The van der Waals surface area contributed by atoms with E-state index in [0.717, 1.165) is 31.4 Å². The second-order valence-corrected chi connectivity index (χ2v) is 5.82. The molecule has 0 aliphatic carbocycles. The molecule has 1 heterocycles. The van der Waals surface area contributed by atoms with E-state index < -0.39 is 0 Å². The predicted molar refractivity (Wildman–Crippen MR) is 77.3 cm³/mol. The molecule has 0 bridgehead atoms. The minimum Gasteiger partial charge on any atom is -0.508 e. The zero-order valence-corrected chi connectivity index (χ0v) is 12.1. The largest absolute Gasteiger partial charge is 0.508 e. The lowest BCUT2D eigenvalue weighted by Gasteiger charge is -2.39. The quantitative estimate of drug-likeness (QED) is 0.875. The highest BCUT2D eigenvalue weighted by Gasteiger charge is 2.32. The van der Waals surface area contributed by atoms with Gasteiger partial charge in [0.15, 0.2) is 0 Å². The lowest BCUT2D eigenvalue weighted by molar-refractivity contribution is -0.0789. The number of ether oxygens (including phenoxy) is 1. The van der Waals surface area contributed by atoms with Gasteiger partial charge in [-0.1, -0.05) is 19.1 Å². The van der Waals surface area contributed by atoms with E-state index >= 15 is 0 Å². The van der Waals surface area contributed by atoms with Crippen LogP contribution in [0.5, 0.6) is 5.75 Å². The molecule has 1 fully saturated rings. The van der Waals surface area contributed by atoms with Crippen LogP contribution in [0.25, 0.3) is 0 Å². The molecule has 0 amide bonds. The molecule has 3 atom stereocenters. The molecule has 19 heavy (non-hydrogen) atoms. The van der Waals surface area contributed by atoms with Gasteiger partial charge in [0.2, 0.25) is 0 Å². The smallest absolute Gasteiger partial charge is 0.115 e. The molecular weight excluding hydrogens is 238 g/mol. The van der Waals surface area contributed by atoms with Crippen molar-refractivity contribution in [1.82, 2.24) is 5.32 Å². The van der Waals surface area contributed by atoms with Crippen LogP contribution in [0, 0.1) is 0 Å². The van der Waals surface area contributed by atoms with Crippen LogP contribution >= 0.6 is 0 Å². The van der Waals surface area contributed by atoms with Gasteiger partial charge in [-0.2, -0.15) is 0 Å². The van der Waals surface area contributed by atoms with Crippen LogP contribution < -0.4 is 5.32 Å². The minimum atomic E-state index is 0.00840. The van der Waals surface area contributed by atoms with E-state index in [1.807, 2.05) is 12.1 Å². The lowest BCUT2D eigenvalue weighted by Crippen LogP contribution is -2.45. The second kappa shape index (κ2) is 5.93. The fourth-order valence-corrected chi connectivity index (χ4v) is 2.76. The van der Waals surface area contributed by atoms with E-state index in [9.17, 15) is 5.11 Å². The van der Waals surface area contributed by atoms with Crippen molar-refractivity contribution in [2.45, 2.75) is 57.7 Å². The van der Waals surface area contributed by atoms with Gasteiger partial charge in [0.05, 0.1) is 5.60 Å². The summed E-state index contributed by atoms with van der Waals surface area (Å²) in [5.41, 5.74) is 1.14. The van der Waals surface area contributed by atoms with Crippen molar-refractivity contribution in [2.24, 2.45) is 0 Å². The van der Waals surface area contributed by atoms with Gasteiger partial charge in [-0.25, -0.2) is 0 Å². The molecule has 3 unspecified atom stereocenters. The summed E-state index contributed by atoms with van der Waals surface area (Å²) in [5, 5.41) is 13.2. The van der Waals surface area contributed by atoms with Crippen molar-refractivity contribution in [3.05, 3.63) is 29.8 Å². The van der Waals surface area contributed by atoms with Crippen molar-refractivity contribution in [1.29, 1.82) is 0 Å². The molecule has 106 valence electrons. The molecule has 0 spiro atoms. The first-order chi connectivity index (χ1) is 9.02. The van der Waals surface area contributed by atoms with E-state index in [-0.39, 0.29) is 11.6 Å². The van der Waals surface area contributed by atoms with E-state index in [2.05, 4.69) is 32.2 Å². The molecule has 3 nitrogen and oxygen atoms in total. The van der Waals surface area contributed by atoms with Gasteiger partial charge in [-0.15, -0.1) is 0 Å². The average molecular weight is 263 g/mol. The Morgan fingerprint density at radius 3 is 3.00 bits per heavy atom. The zero-order valence-electron chi connectivity index (χ0n) is 12.1. The van der Waals surface area contributed by atoms with Gasteiger partial charge in [0.1, 0.15) is 5.75 Å². The fraction of sp³-hybridized carbons (Fsp3) is 0.625. The third-order valence-electron chi connectivity index (χ3n) is 4.20. The molecule has 1 aromatic carbocycles. The lowest BCUT2D eigenvalue weighted by atomic mass is 9.89. The van der Waals surface area contributed by atoms with Crippen molar-refractivity contribution >= 4 is 0 Å². The van der Waals surface area contributed by atoms with Crippen molar-refractivity contribution < 1.29 is 9.84 Å². The van der Waals surface area contributed by atoms with Crippen LogP contribution in [0.1, 0.15) is 51.6 Å². The number of phenols is 1. The van der Waals surface area contributed by atoms with Crippen molar-refractivity contribution in [3.63, 3.8) is 0 Å². The van der Waals surface area contributed by atoms with Crippen LogP contribution in [0.4, 0.5) is 0 Å². The summed E-state index contributed by atoms with van der Waals surface area (Å²) in [4.78, 5) is 0. The molecule has 1 aliphatic rings. The normalized spacial score (nSPS) is 29.1. The molecule has 1 saturated heterocycles. The first kappa shape index (κ1) is 14.4. The highest BCUT2D eigenvalue weighted by Crippen LogP contribution is 2.29. The minimum absolute atomic E-state index is 0.00840. The van der Waals surface area contributed by atoms with Gasteiger partial charge < -0.3 is 15.2 Å². The first-order valence-electron chi connectivity index (χ1n) is 7.21. The molecule has 2 N–H and O–H groups in total. The van der Waals surface area contributed by atoms with Crippen LogP contribution in [-0.4, -0.2) is 23.4 Å². The van der Waals surface area contributed by atoms with Crippen LogP contribution in [0.3, 0.4) is 0 Å². The van der Waals surface area contributed by atoms with Crippen LogP contribution in [0.2, 0.25) is 0 Å². The highest BCUT2D eigenvalue weighted by molar-refractivity contribution is 5.29. The number of rotatable bonds is 4. The number of aromatic hydroxyl groups is 1. The molecule has 2 rings (SSSR count). The maximum Gasteiger partial charge on any atom is 0.115 e. The number of hydrogen-bond acceptors (Lipinski definition) is 3. The van der Waals surface area contributed by atoms with E-state index in [0.29, 0.717) is 11.8 Å². The van der Waals surface area contributed by atoms with Gasteiger partial charge in [-0.3, -0.25) is 0 Å². The summed E-state index contributed by atoms with van der Waals surface area (Å²) in [6, 6.07) is 8.21. The van der Waals surface area contributed by atoms with Gasteiger partial charge in [0, 0.05) is 18.7 Å². The van der Waals surface area contributed by atoms with Crippen LogP contribution in [0.15, 0.2) is 24.3 Å². The Hall–Kier alpha value is -1.06. The number of nitrogens with one attached hydrogen (secondary N) is 1. The number of benzene rings is 1. The standard InChI is InChI=1S/C16H25NO2/c1-4-16(3)11-14(8-9-19-16)17-12(2)13-6-5-7-15(18)10-13/h5-7,10,12,14,17-18H,4,8-9,11H2,1-3H3. The molecule has 1 aliphatic heterocycles. The first-order valence-corrected chi connectivity index (χ1v) is 7.21. The predicted octanol–water partition coefficient (Wildman–Crippen LogP) is 3.39.